The van der Waals surface area contributed by atoms with Crippen LogP contribution in [-0.2, 0) is 19.3 Å². The molecule has 190 valence electrons. The molecule has 0 radical (unpaired) electrons. The van der Waals surface area contributed by atoms with E-state index in [1.807, 2.05) is 4.90 Å². The van der Waals surface area contributed by atoms with Crippen LogP contribution >= 0.6 is 0 Å². The molecule has 6 rings (SSSR count). The summed E-state index contributed by atoms with van der Waals surface area (Å²) in [6, 6.07) is 12.6. The second-order valence-electron chi connectivity index (χ2n) is 8.93. The van der Waals surface area contributed by atoms with E-state index in [0.717, 1.165) is 23.3 Å². The number of nitrogens with zero attached hydrogens (tertiary/aromatic N) is 4. The lowest BCUT2D eigenvalue weighted by Crippen LogP contribution is -2.17. The van der Waals surface area contributed by atoms with Crippen LogP contribution in [0.1, 0.15) is 27.0 Å². The van der Waals surface area contributed by atoms with Gasteiger partial charge in [-0.15, -0.1) is 0 Å². The number of aromatic nitrogens is 4. The molecule has 0 unspecified atom stereocenters. The summed E-state index contributed by atoms with van der Waals surface area (Å²) >= 11 is 0. The van der Waals surface area contributed by atoms with Gasteiger partial charge < -0.3 is 15.0 Å². The normalized spacial score (nSPS) is 13.2. The number of carboxylic acids is 1. The number of hydrogen-bond acceptors (Lipinski definition) is 5. The number of rotatable bonds is 4. The quantitative estimate of drug-likeness (QED) is 0.280. The lowest BCUT2D eigenvalue weighted by Gasteiger charge is -2.15. The summed E-state index contributed by atoms with van der Waals surface area (Å²) < 4.78 is 54.1. The highest BCUT2D eigenvalue weighted by Crippen LogP contribution is 2.33. The third-order valence-electron chi connectivity index (χ3n) is 6.46. The summed E-state index contributed by atoms with van der Waals surface area (Å²) in [7, 11) is 0. The second kappa shape index (κ2) is 8.65. The van der Waals surface area contributed by atoms with Gasteiger partial charge in [0.05, 0.1) is 27.7 Å². The molecule has 0 aliphatic carbocycles. The Labute approximate surface area is 212 Å². The Kier molecular flexibility index (Phi) is 5.37. The minimum atomic E-state index is -4.49. The van der Waals surface area contributed by atoms with Crippen LogP contribution in [0.15, 0.2) is 67.0 Å². The number of aromatic carboxylic acids is 1. The van der Waals surface area contributed by atoms with Gasteiger partial charge in [-0.3, -0.25) is 0 Å². The number of benzene rings is 3. The lowest BCUT2D eigenvalue weighted by atomic mass is 10.1. The number of nitrogens with one attached hydrogen (secondary N) is 1. The number of fused-ring (bicyclic) bond motifs is 2. The molecule has 11 heteroatoms. The zero-order valence-electron chi connectivity index (χ0n) is 19.4. The van der Waals surface area contributed by atoms with E-state index in [-0.39, 0.29) is 22.5 Å². The van der Waals surface area contributed by atoms with Crippen molar-refractivity contribution in [3.63, 3.8) is 0 Å². The predicted molar refractivity (Wildman–Crippen MR) is 131 cm³/mol. The van der Waals surface area contributed by atoms with Gasteiger partial charge in [-0.25, -0.2) is 24.1 Å². The second-order valence-corrected chi connectivity index (χ2v) is 8.93. The molecule has 0 amide bonds. The molecule has 1 aliphatic heterocycles. The summed E-state index contributed by atoms with van der Waals surface area (Å²) in [5.74, 6) is -1.01. The molecule has 0 saturated carbocycles. The van der Waals surface area contributed by atoms with Crippen molar-refractivity contribution in [2.45, 2.75) is 19.3 Å². The molecule has 7 nitrogen and oxygen atoms in total. The Morgan fingerprint density at radius 2 is 1.68 bits per heavy atom. The van der Waals surface area contributed by atoms with Crippen LogP contribution in [0, 0.1) is 5.82 Å². The Bertz CT molecular complexity index is 1710. The number of alkyl halides is 3. The number of halogens is 4. The van der Waals surface area contributed by atoms with Crippen molar-refractivity contribution < 1.29 is 27.5 Å². The molecule has 0 fully saturated rings. The zero-order valence-corrected chi connectivity index (χ0v) is 19.4. The number of imidazole rings is 1. The first-order chi connectivity index (χ1) is 18.2. The number of hydrogen-bond donors (Lipinski definition) is 2. The lowest BCUT2D eigenvalue weighted by molar-refractivity contribution is -0.137. The van der Waals surface area contributed by atoms with E-state index < -0.39 is 23.5 Å². The van der Waals surface area contributed by atoms with Gasteiger partial charge in [0.15, 0.2) is 0 Å². The van der Waals surface area contributed by atoms with E-state index in [2.05, 4.69) is 19.9 Å². The van der Waals surface area contributed by atoms with E-state index in [9.17, 15) is 23.1 Å². The Hall–Kier alpha value is -4.80. The van der Waals surface area contributed by atoms with Crippen LogP contribution in [0.3, 0.4) is 0 Å². The molecule has 0 bridgehead atoms. The van der Waals surface area contributed by atoms with Crippen molar-refractivity contribution in [3.8, 4) is 22.5 Å². The first kappa shape index (κ1) is 23.6. The van der Waals surface area contributed by atoms with E-state index in [1.54, 1.807) is 36.7 Å². The molecule has 0 spiro atoms. The van der Waals surface area contributed by atoms with Crippen LogP contribution in [0.5, 0.6) is 0 Å². The largest absolute Gasteiger partial charge is 0.478 e. The smallest absolute Gasteiger partial charge is 0.416 e. The highest BCUT2D eigenvalue weighted by atomic mass is 19.4. The summed E-state index contributed by atoms with van der Waals surface area (Å²) in [6.45, 7) is 1.01. The first-order valence-corrected chi connectivity index (χ1v) is 11.4. The fourth-order valence-corrected chi connectivity index (χ4v) is 4.50. The number of carboxylic acid groups (broad SMARTS) is 1. The van der Waals surface area contributed by atoms with Crippen molar-refractivity contribution in [2.75, 3.05) is 4.90 Å². The van der Waals surface area contributed by atoms with E-state index in [1.165, 1.54) is 18.2 Å². The molecular formula is C27H17F4N5O2. The van der Waals surface area contributed by atoms with E-state index in [0.29, 0.717) is 35.7 Å². The number of H-pyrrole nitrogens is 1. The predicted octanol–water partition coefficient (Wildman–Crippen LogP) is 6.06. The van der Waals surface area contributed by atoms with Gasteiger partial charge >= 0.3 is 12.1 Å². The van der Waals surface area contributed by atoms with Gasteiger partial charge in [-0.05, 0) is 59.2 Å². The maximum atomic E-state index is 15.1. The van der Waals surface area contributed by atoms with Gasteiger partial charge in [0.25, 0.3) is 0 Å². The van der Waals surface area contributed by atoms with Crippen molar-refractivity contribution >= 4 is 23.0 Å². The third kappa shape index (κ3) is 4.21. The minimum Gasteiger partial charge on any atom is -0.478 e. The van der Waals surface area contributed by atoms with Crippen LogP contribution in [0.4, 0.5) is 23.5 Å². The Morgan fingerprint density at radius 3 is 2.39 bits per heavy atom. The van der Waals surface area contributed by atoms with Gasteiger partial charge in [-0.2, -0.15) is 13.2 Å². The van der Waals surface area contributed by atoms with Gasteiger partial charge in [-0.1, -0.05) is 12.1 Å². The summed E-state index contributed by atoms with van der Waals surface area (Å²) in [5, 5.41) is 9.20. The molecule has 2 aromatic heterocycles. The average Bonchev–Trinajstić information content (AvgIpc) is 3.51. The van der Waals surface area contributed by atoms with Crippen molar-refractivity contribution in [2.24, 2.45) is 0 Å². The van der Waals surface area contributed by atoms with Gasteiger partial charge in [0.1, 0.15) is 11.6 Å². The van der Waals surface area contributed by atoms with Crippen molar-refractivity contribution in [1.29, 1.82) is 0 Å². The Balaban J connectivity index is 1.22. The summed E-state index contributed by atoms with van der Waals surface area (Å²) in [5.41, 5.74) is 2.97. The average molecular weight is 519 g/mol. The molecule has 0 atom stereocenters. The fourth-order valence-electron chi connectivity index (χ4n) is 4.50. The number of aromatic amines is 1. The number of carbonyl (C=O) groups is 1. The maximum absolute atomic E-state index is 15.1. The monoisotopic (exact) mass is 519 g/mol. The van der Waals surface area contributed by atoms with Crippen molar-refractivity contribution in [3.05, 3.63) is 95.1 Å². The standard InChI is InChI=1S/C27H17F4N5O2/c28-21-8-14(3-5-20(21)24-34-22-6-4-19(27(29,30)31)9-23(22)35-24)18-10-32-26(33-11-18)36-12-16-2-1-15(25(37)38)7-17(16)13-36/h1-11H,12-13H2,(H,34,35)(H,37,38). The topological polar surface area (TPSA) is 95.0 Å². The first-order valence-electron chi connectivity index (χ1n) is 11.4. The molecule has 3 aromatic carbocycles. The Morgan fingerprint density at radius 1 is 0.921 bits per heavy atom. The van der Waals surface area contributed by atoms with Crippen LogP contribution in [0.25, 0.3) is 33.5 Å². The van der Waals surface area contributed by atoms with Crippen molar-refractivity contribution in [1.82, 2.24) is 19.9 Å². The highest BCUT2D eigenvalue weighted by Gasteiger charge is 2.31. The number of anilines is 1. The van der Waals surface area contributed by atoms with Crippen LogP contribution < -0.4 is 4.90 Å². The molecule has 38 heavy (non-hydrogen) atoms. The van der Waals surface area contributed by atoms with E-state index in [4.69, 9.17) is 0 Å². The SMILES string of the molecule is O=C(O)c1ccc2c(c1)CN(c1ncc(-c3ccc(-c4nc5ccc(C(F)(F)F)cc5[nH]4)c(F)c3)cn1)C2. The van der Waals surface area contributed by atoms with Crippen LogP contribution in [0.2, 0.25) is 0 Å². The molecular weight excluding hydrogens is 502 g/mol. The summed E-state index contributed by atoms with van der Waals surface area (Å²) in [4.78, 5) is 29.0. The maximum Gasteiger partial charge on any atom is 0.416 e. The van der Waals surface area contributed by atoms with Crippen LogP contribution in [-0.4, -0.2) is 31.0 Å². The molecule has 0 saturated heterocycles. The molecule has 5 aromatic rings. The minimum absolute atomic E-state index is 0.117. The zero-order chi connectivity index (χ0) is 26.6. The third-order valence-corrected chi connectivity index (χ3v) is 6.46. The molecule has 2 N–H and O–H groups in total. The van der Waals surface area contributed by atoms with Gasteiger partial charge in [0, 0.05) is 31.0 Å². The highest BCUT2D eigenvalue weighted by molar-refractivity contribution is 5.88. The summed E-state index contributed by atoms with van der Waals surface area (Å²) in [6.07, 6.45) is -1.35. The fraction of sp³-hybridized carbons (Fsp3) is 0.111. The van der Waals surface area contributed by atoms with Gasteiger partial charge in [0.2, 0.25) is 5.95 Å². The molecule has 1 aliphatic rings. The van der Waals surface area contributed by atoms with E-state index >= 15 is 4.39 Å². The molecule has 3 heterocycles.